The quantitative estimate of drug-likeness (QED) is 0.693. The highest BCUT2D eigenvalue weighted by Crippen LogP contribution is 2.22. The average molecular weight is 389 g/mol. The second-order valence-electron chi connectivity index (χ2n) is 5.72. The Morgan fingerprint density at radius 3 is 2.44 bits per heavy atom. The van der Waals surface area contributed by atoms with Crippen molar-refractivity contribution in [2.75, 3.05) is 19.7 Å². The molecule has 0 spiro atoms. The van der Waals surface area contributed by atoms with Crippen LogP contribution in [0.25, 0.3) is 0 Å². The number of hydrogen-bond donors (Lipinski definition) is 1. The van der Waals surface area contributed by atoms with Gasteiger partial charge in [0.2, 0.25) is 5.91 Å². The van der Waals surface area contributed by atoms with E-state index in [4.69, 9.17) is 27.9 Å². The highest BCUT2D eigenvalue weighted by atomic mass is 35.5. The largest absolute Gasteiger partial charge is 0.455 e. The molecule has 2 amide bonds. The number of carbonyl (C=O) groups is 3. The van der Waals surface area contributed by atoms with Crippen LogP contribution in [0.1, 0.15) is 26.3 Å². The SMILES string of the molecule is CCN(CC(=O)NC(C)C)C(=O)COC(=O)Cc1ccc(Cl)c(Cl)c1. The van der Waals surface area contributed by atoms with Crippen LogP contribution in [-0.2, 0) is 25.5 Å². The van der Waals surface area contributed by atoms with Crippen molar-refractivity contribution < 1.29 is 19.1 Å². The van der Waals surface area contributed by atoms with Gasteiger partial charge in [-0.05, 0) is 38.5 Å². The fourth-order valence-corrected chi connectivity index (χ4v) is 2.34. The minimum Gasteiger partial charge on any atom is -0.455 e. The van der Waals surface area contributed by atoms with E-state index in [1.807, 2.05) is 13.8 Å². The van der Waals surface area contributed by atoms with Crippen LogP contribution in [-0.4, -0.2) is 48.4 Å². The van der Waals surface area contributed by atoms with Crippen molar-refractivity contribution in [1.29, 1.82) is 0 Å². The van der Waals surface area contributed by atoms with Crippen LogP contribution >= 0.6 is 23.2 Å². The normalized spacial score (nSPS) is 10.5. The summed E-state index contributed by atoms with van der Waals surface area (Å²) in [6.07, 6.45) is -0.0237. The summed E-state index contributed by atoms with van der Waals surface area (Å²) >= 11 is 11.7. The van der Waals surface area contributed by atoms with Crippen molar-refractivity contribution in [3.05, 3.63) is 33.8 Å². The Labute approximate surface area is 157 Å². The number of likely N-dealkylation sites (N-methyl/N-ethyl adjacent to an activating group) is 1. The molecule has 1 N–H and O–H groups in total. The van der Waals surface area contributed by atoms with Crippen LogP contribution in [0.4, 0.5) is 0 Å². The molecular formula is C17H22Cl2N2O4. The first-order valence-electron chi connectivity index (χ1n) is 7.89. The Bertz CT molecular complexity index is 635. The van der Waals surface area contributed by atoms with Crippen molar-refractivity contribution >= 4 is 41.0 Å². The van der Waals surface area contributed by atoms with Gasteiger partial charge < -0.3 is 15.0 Å². The summed E-state index contributed by atoms with van der Waals surface area (Å²) in [5, 5.41) is 3.45. The van der Waals surface area contributed by atoms with E-state index in [1.165, 1.54) is 4.90 Å². The summed E-state index contributed by atoms with van der Waals surface area (Å²) in [5.74, 6) is -1.24. The van der Waals surface area contributed by atoms with Crippen LogP contribution in [0.2, 0.25) is 10.0 Å². The number of rotatable bonds is 8. The predicted molar refractivity (Wildman–Crippen MR) is 96.7 cm³/mol. The summed E-state index contributed by atoms with van der Waals surface area (Å²) in [6.45, 7) is 5.27. The van der Waals surface area contributed by atoms with E-state index in [2.05, 4.69) is 5.32 Å². The van der Waals surface area contributed by atoms with E-state index in [9.17, 15) is 14.4 Å². The molecule has 0 aliphatic heterocycles. The van der Waals surface area contributed by atoms with E-state index in [0.29, 0.717) is 22.2 Å². The third kappa shape index (κ3) is 7.75. The molecule has 0 saturated heterocycles. The number of amides is 2. The Morgan fingerprint density at radius 2 is 1.88 bits per heavy atom. The monoisotopic (exact) mass is 388 g/mol. The van der Waals surface area contributed by atoms with Crippen molar-refractivity contribution in [3.63, 3.8) is 0 Å². The van der Waals surface area contributed by atoms with E-state index in [-0.39, 0.29) is 24.9 Å². The molecule has 8 heteroatoms. The molecule has 0 unspecified atom stereocenters. The fourth-order valence-electron chi connectivity index (χ4n) is 2.02. The molecule has 138 valence electrons. The van der Waals surface area contributed by atoms with E-state index in [0.717, 1.165) is 0 Å². The van der Waals surface area contributed by atoms with Gasteiger partial charge in [0.15, 0.2) is 6.61 Å². The summed E-state index contributed by atoms with van der Waals surface area (Å²) in [4.78, 5) is 37.0. The van der Waals surface area contributed by atoms with Gasteiger partial charge in [0, 0.05) is 12.6 Å². The summed E-state index contributed by atoms with van der Waals surface area (Å²) in [7, 11) is 0. The van der Waals surface area contributed by atoms with Gasteiger partial charge in [-0.2, -0.15) is 0 Å². The van der Waals surface area contributed by atoms with E-state index >= 15 is 0 Å². The third-order valence-electron chi connectivity index (χ3n) is 3.21. The number of halogens is 2. The zero-order valence-corrected chi connectivity index (χ0v) is 16.0. The van der Waals surface area contributed by atoms with Crippen molar-refractivity contribution in [3.8, 4) is 0 Å². The predicted octanol–water partition coefficient (Wildman–Crippen LogP) is 2.45. The van der Waals surface area contributed by atoms with Gasteiger partial charge in [-0.3, -0.25) is 14.4 Å². The molecule has 6 nitrogen and oxygen atoms in total. The third-order valence-corrected chi connectivity index (χ3v) is 3.95. The van der Waals surface area contributed by atoms with Gasteiger partial charge in [0.1, 0.15) is 0 Å². The van der Waals surface area contributed by atoms with Gasteiger partial charge in [-0.1, -0.05) is 29.3 Å². The Morgan fingerprint density at radius 1 is 1.20 bits per heavy atom. The lowest BCUT2D eigenvalue weighted by Crippen LogP contribution is -2.44. The van der Waals surface area contributed by atoms with Crippen molar-refractivity contribution in [2.45, 2.75) is 33.2 Å². The maximum Gasteiger partial charge on any atom is 0.310 e. The lowest BCUT2D eigenvalue weighted by atomic mass is 10.1. The second-order valence-corrected chi connectivity index (χ2v) is 6.53. The van der Waals surface area contributed by atoms with E-state index in [1.54, 1.807) is 25.1 Å². The Kier molecular flexibility index (Phi) is 8.72. The number of nitrogens with zero attached hydrogens (tertiary/aromatic N) is 1. The maximum absolute atomic E-state index is 12.1. The Balaban J connectivity index is 2.48. The number of esters is 1. The maximum atomic E-state index is 12.1. The molecule has 0 aliphatic carbocycles. The van der Waals surface area contributed by atoms with Gasteiger partial charge in [-0.25, -0.2) is 0 Å². The minimum atomic E-state index is -0.561. The van der Waals surface area contributed by atoms with Crippen LogP contribution in [0.5, 0.6) is 0 Å². The molecule has 1 aromatic carbocycles. The van der Waals surface area contributed by atoms with Gasteiger partial charge in [0.05, 0.1) is 23.0 Å². The molecular weight excluding hydrogens is 367 g/mol. The Hall–Kier alpha value is -1.79. The van der Waals surface area contributed by atoms with Crippen molar-refractivity contribution in [1.82, 2.24) is 10.2 Å². The van der Waals surface area contributed by atoms with E-state index < -0.39 is 18.5 Å². The first kappa shape index (κ1) is 21.3. The number of ether oxygens (including phenoxy) is 1. The molecule has 0 aromatic heterocycles. The average Bonchev–Trinajstić information content (AvgIpc) is 2.53. The molecule has 0 aliphatic rings. The summed E-state index contributed by atoms with van der Waals surface area (Å²) < 4.78 is 4.99. The molecule has 0 heterocycles. The molecule has 1 rings (SSSR count). The number of nitrogens with one attached hydrogen (secondary N) is 1. The lowest BCUT2D eigenvalue weighted by molar-refractivity contribution is -0.152. The molecule has 0 radical (unpaired) electrons. The van der Waals surface area contributed by atoms with Gasteiger partial charge >= 0.3 is 5.97 Å². The molecule has 1 aromatic rings. The molecule has 0 fully saturated rings. The number of benzene rings is 1. The zero-order chi connectivity index (χ0) is 19.0. The number of hydrogen-bond acceptors (Lipinski definition) is 4. The van der Waals surface area contributed by atoms with Crippen LogP contribution in [0.3, 0.4) is 0 Å². The highest BCUT2D eigenvalue weighted by molar-refractivity contribution is 6.42. The minimum absolute atomic E-state index is 0.00895. The zero-order valence-electron chi connectivity index (χ0n) is 14.5. The molecule has 0 saturated carbocycles. The fraction of sp³-hybridized carbons (Fsp3) is 0.471. The number of carbonyl (C=O) groups excluding carboxylic acids is 3. The van der Waals surface area contributed by atoms with Crippen LogP contribution < -0.4 is 5.32 Å². The lowest BCUT2D eigenvalue weighted by Gasteiger charge is -2.21. The molecule has 0 atom stereocenters. The standard InChI is InChI=1S/C17H22Cl2N2O4/c1-4-21(9-15(22)20-11(2)3)16(23)10-25-17(24)8-12-5-6-13(18)14(19)7-12/h5-7,11H,4,8-10H2,1-3H3,(H,20,22). The van der Waals surface area contributed by atoms with Gasteiger partial charge in [0.25, 0.3) is 5.91 Å². The first-order chi connectivity index (χ1) is 11.7. The molecule has 25 heavy (non-hydrogen) atoms. The second kappa shape index (κ2) is 10.3. The van der Waals surface area contributed by atoms with Crippen LogP contribution in [0.15, 0.2) is 18.2 Å². The van der Waals surface area contributed by atoms with Gasteiger partial charge in [-0.15, -0.1) is 0 Å². The summed E-state index contributed by atoms with van der Waals surface area (Å²) in [6, 6.07) is 4.81. The smallest absolute Gasteiger partial charge is 0.310 e. The summed E-state index contributed by atoms with van der Waals surface area (Å²) in [5.41, 5.74) is 0.635. The first-order valence-corrected chi connectivity index (χ1v) is 8.65. The van der Waals surface area contributed by atoms with Crippen LogP contribution in [0, 0.1) is 0 Å². The van der Waals surface area contributed by atoms with Crippen molar-refractivity contribution in [2.24, 2.45) is 0 Å². The highest BCUT2D eigenvalue weighted by Gasteiger charge is 2.18. The topological polar surface area (TPSA) is 75.7 Å². The molecule has 0 bridgehead atoms.